The van der Waals surface area contributed by atoms with E-state index in [1.54, 1.807) is 12.1 Å². The molecule has 0 N–H and O–H groups in total. The minimum absolute atomic E-state index is 0.151. The third-order valence-corrected chi connectivity index (χ3v) is 3.66. The number of rotatable bonds is 5. The summed E-state index contributed by atoms with van der Waals surface area (Å²) in [5, 5.41) is 10.6. The molecule has 1 heterocycles. The quantitative estimate of drug-likeness (QED) is 0.597. The predicted molar refractivity (Wildman–Crippen MR) is 108 cm³/mol. The maximum Gasteiger partial charge on any atom is 0.269 e. The van der Waals surface area contributed by atoms with Crippen molar-refractivity contribution in [1.29, 1.82) is 0 Å². The van der Waals surface area contributed by atoms with E-state index in [-0.39, 0.29) is 10.6 Å². The molecular weight excluding hydrogens is 316 g/mol. The van der Waals surface area contributed by atoms with E-state index in [0.29, 0.717) is 0 Å². The van der Waals surface area contributed by atoms with E-state index >= 15 is 0 Å². The van der Waals surface area contributed by atoms with Gasteiger partial charge in [-0.3, -0.25) is 15.0 Å². The molecule has 0 spiro atoms. The largest absolute Gasteiger partial charge is 0.369 e. The molecule has 0 bridgehead atoms. The van der Waals surface area contributed by atoms with Gasteiger partial charge in [-0.15, -0.1) is 0 Å². The maximum atomic E-state index is 10.6. The van der Waals surface area contributed by atoms with Gasteiger partial charge in [0.15, 0.2) is 0 Å². The summed E-state index contributed by atoms with van der Waals surface area (Å²) in [6.45, 7) is 14.5. The van der Waals surface area contributed by atoms with Crippen molar-refractivity contribution in [2.45, 2.75) is 34.1 Å². The molecule has 0 aromatic heterocycles. The van der Waals surface area contributed by atoms with Crippen LogP contribution in [0.2, 0.25) is 0 Å². The summed E-state index contributed by atoms with van der Waals surface area (Å²) in [6.07, 6.45) is 1.25. The molecule has 2 rings (SSSR count). The number of piperazine rings is 1. The fraction of sp³-hybridized carbons (Fsp3) is 0.684. The SMILES string of the molecule is CC.CCC.CN(C)CCN1CCN(c2ccc([N+](=O)[O-])cc2)CC1. The Kier molecular flexibility index (Phi) is 12.7. The van der Waals surface area contributed by atoms with Crippen LogP contribution in [0.25, 0.3) is 0 Å². The highest BCUT2D eigenvalue weighted by atomic mass is 16.6. The Labute approximate surface area is 153 Å². The first-order chi connectivity index (χ1) is 12.0. The number of anilines is 1. The molecule has 144 valence electrons. The van der Waals surface area contributed by atoms with Gasteiger partial charge in [0, 0.05) is 57.1 Å². The molecule has 1 aromatic carbocycles. The van der Waals surface area contributed by atoms with Crippen LogP contribution < -0.4 is 4.90 Å². The van der Waals surface area contributed by atoms with E-state index in [9.17, 15) is 10.1 Å². The summed E-state index contributed by atoms with van der Waals surface area (Å²) in [5.74, 6) is 0. The normalized spacial score (nSPS) is 14.3. The summed E-state index contributed by atoms with van der Waals surface area (Å²) in [5.41, 5.74) is 1.22. The van der Waals surface area contributed by atoms with E-state index in [0.717, 1.165) is 45.0 Å². The molecule has 25 heavy (non-hydrogen) atoms. The van der Waals surface area contributed by atoms with Crippen LogP contribution in [0, 0.1) is 10.1 Å². The number of nitrogens with zero attached hydrogens (tertiary/aromatic N) is 4. The summed E-state index contributed by atoms with van der Waals surface area (Å²) >= 11 is 0. The van der Waals surface area contributed by atoms with Gasteiger partial charge < -0.3 is 9.80 Å². The predicted octanol–water partition coefficient (Wildman–Crippen LogP) is 3.72. The Hall–Kier alpha value is -1.66. The molecule has 1 aromatic rings. The first-order valence-corrected chi connectivity index (χ1v) is 9.34. The zero-order chi connectivity index (χ0) is 19.2. The molecule has 1 aliphatic heterocycles. The van der Waals surface area contributed by atoms with Crippen molar-refractivity contribution in [3.63, 3.8) is 0 Å². The highest BCUT2D eigenvalue weighted by molar-refractivity contribution is 5.51. The molecule has 0 unspecified atom stereocenters. The van der Waals surface area contributed by atoms with Crippen molar-refractivity contribution < 1.29 is 4.92 Å². The van der Waals surface area contributed by atoms with Crippen molar-refractivity contribution in [2.24, 2.45) is 0 Å². The average Bonchev–Trinajstić information content (AvgIpc) is 2.63. The van der Waals surface area contributed by atoms with E-state index < -0.39 is 0 Å². The lowest BCUT2D eigenvalue weighted by Gasteiger charge is -2.36. The lowest BCUT2D eigenvalue weighted by molar-refractivity contribution is -0.384. The molecular formula is C19H36N4O2. The number of benzene rings is 1. The standard InChI is InChI=1S/C14H22N4O2.C3H8.C2H6/c1-15(2)7-8-16-9-11-17(12-10-16)13-3-5-14(6-4-13)18(19)20;1-3-2;1-2/h3-6H,7-12H2,1-2H3;3H2,1-2H3;1-2H3. The second-order valence-electron chi connectivity index (χ2n) is 6.11. The molecule has 0 radical (unpaired) electrons. The van der Waals surface area contributed by atoms with Crippen LogP contribution in [0.1, 0.15) is 34.1 Å². The van der Waals surface area contributed by atoms with Gasteiger partial charge in [-0.25, -0.2) is 0 Å². The molecule has 1 fully saturated rings. The Morgan fingerprint density at radius 2 is 1.52 bits per heavy atom. The summed E-state index contributed by atoms with van der Waals surface area (Å²) < 4.78 is 0. The minimum atomic E-state index is -0.358. The van der Waals surface area contributed by atoms with Gasteiger partial charge in [-0.05, 0) is 26.2 Å². The smallest absolute Gasteiger partial charge is 0.269 e. The molecule has 1 aliphatic rings. The lowest BCUT2D eigenvalue weighted by atomic mass is 10.2. The fourth-order valence-electron chi connectivity index (χ4n) is 2.36. The summed E-state index contributed by atoms with van der Waals surface area (Å²) in [4.78, 5) is 17.2. The van der Waals surface area contributed by atoms with Crippen LogP contribution in [-0.4, -0.2) is 68.1 Å². The molecule has 0 saturated carbocycles. The summed E-state index contributed by atoms with van der Waals surface area (Å²) in [6, 6.07) is 6.84. The van der Waals surface area contributed by atoms with Crippen molar-refractivity contribution in [3.05, 3.63) is 34.4 Å². The third kappa shape index (κ3) is 9.41. The zero-order valence-electron chi connectivity index (χ0n) is 16.9. The Morgan fingerprint density at radius 1 is 1.04 bits per heavy atom. The van der Waals surface area contributed by atoms with Crippen LogP contribution in [0.5, 0.6) is 0 Å². The number of likely N-dealkylation sites (N-methyl/N-ethyl adjacent to an activating group) is 1. The van der Waals surface area contributed by atoms with E-state index in [1.807, 2.05) is 26.0 Å². The first-order valence-electron chi connectivity index (χ1n) is 9.34. The van der Waals surface area contributed by atoms with Gasteiger partial charge in [0.2, 0.25) is 0 Å². The average molecular weight is 353 g/mol. The monoisotopic (exact) mass is 352 g/mol. The van der Waals surface area contributed by atoms with Crippen LogP contribution in [0.4, 0.5) is 11.4 Å². The molecule has 0 amide bonds. The van der Waals surface area contributed by atoms with Crippen molar-refractivity contribution in [1.82, 2.24) is 9.80 Å². The number of nitro benzene ring substituents is 1. The number of hydrogen-bond acceptors (Lipinski definition) is 5. The Balaban J connectivity index is 0.00000104. The van der Waals surface area contributed by atoms with Crippen molar-refractivity contribution in [3.8, 4) is 0 Å². The highest BCUT2D eigenvalue weighted by Crippen LogP contribution is 2.20. The molecule has 1 saturated heterocycles. The van der Waals surface area contributed by atoms with Gasteiger partial charge in [0.1, 0.15) is 0 Å². The molecule has 0 atom stereocenters. The lowest BCUT2D eigenvalue weighted by Crippen LogP contribution is -2.48. The highest BCUT2D eigenvalue weighted by Gasteiger charge is 2.17. The number of nitro groups is 1. The Morgan fingerprint density at radius 3 is 1.92 bits per heavy atom. The topological polar surface area (TPSA) is 52.9 Å². The van der Waals surface area contributed by atoms with Gasteiger partial charge in [-0.1, -0.05) is 34.1 Å². The van der Waals surface area contributed by atoms with Gasteiger partial charge >= 0.3 is 0 Å². The van der Waals surface area contributed by atoms with Crippen LogP contribution in [0.15, 0.2) is 24.3 Å². The van der Waals surface area contributed by atoms with Crippen LogP contribution in [0.3, 0.4) is 0 Å². The molecule has 0 aliphatic carbocycles. The van der Waals surface area contributed by atoms with E-state index in [4.69, 9.17) is 0 Å². The van der Waals surface area contributed by atoms with E-state index in [2.05, 4.69) is 42.6 Å². The third-order valence-electron chi connectivity index (χ3n) is 3.66. The van der Waals surface area contributed by atoms with E-state index in [1.165, 1.54) is 6.42 Å². The van der Waals surface area contributed by atoms with Crippen LogP contribution in [-0.2, 0) is 0 Å². The molecule has 6 nitrogen and oxygen atoms in total. The molecule has 6 heteroatoms. The number of hydrogen-bond donors (Lipinski definition) is 0. The Bertz CT molecular complexity index is 455. The summed E-state index contributed by atoms with van der Waals surface area (Å²) in [7, 11) is 4.18. The maximum absolute atomic E-state index is 10.6. The second-order valence-corrected chi connectivity index (χ2v) is 6.11. The number of non-ortho nitro benzene ring substituents is 1. The second kappa shape index (κ2) is 13.6. The minimum Gasteiger partial charge on any atom is -0.369 e. The van der Waals surface area contributed by atoms with Gasteiger partial charge in [-0.2, -0.15) is 0 Å². The fourth-order valence-corrected chi connectivity index (χ4v) is 2.36. The van der Waals surface area contributed by atoms with Crippen molar-refractivity contribution in [2.75, 3.05) is 58.3 Å². The van der Waals surface area contributed by atoms with Crippen LogP contribution >= 0.6 is 0 Å². The van der Waals surface area contributed by atoms with Gasteiger partial charge in [0.25, 0.3) is 5.69 Å². The first kappa shape index (κ1) is 23.3. The van der Waals surface area contributed by atoms with Gasteiger partial charge in [0.05, 0.1) is 4.92 Å². The van der Waals surface area contributed by atoms with Crippen molar-refractivity contribution >= 4 is 11.4 Å². The zero-order valence-corrected chi connectivity index (χ0v) is 16.9.